The normalized spacial score (nSPS) is 17.5. The SMILES string of the molecule is CCOc1cc(C(=O)OC(C)C(=O)NC2CCCC2)ccc1OCC(=O)N1CCCCC1. The Morgan fingerprint density at radius 3 is 2.44 bits per heavy atom. The minimum atomic E-state index is -0.892. The third-order valence-corrected chi connectivity index (χ3v) is 5.89. The Kier molecular flexibility index (Phi) is 8.76. The Morgan fingerprint density at radius 2 is 1.75 bits per heavy atom. The molecule has 0 radical (unpaired) electrons. The number of likely N-dealkylation sites (tertiary alicyclic amines) is 1. The molecule has 1 unspecified atom stereocenters. The number of amides is 2. The van der Waals surface area contributed by atoms with E-state index in [4.69, 9.17) is 14.2 Å². The number of nitrogens with one attached hydrogen (secondary N) is 1. The number of nitrogens with zero attached hydrogens (tertiary/aromatic N) is 1. The lowest BCUT2D eigenvalue weighted by Crippen LogP contribution is -2.40. The number of hydrogen-bond donors (Lipinski definition) is 1. The van der Waals surface area contributed by atoms with Gasteiger partial charge in [-0.1, -0.05) is 12.8 Å². The maximum Gasteiger partial charge on any atom is 0.339 e. The fourth-order valence-corrected chi connectivity index (χ4v) is 4.07. The van der Waals surface area contributed by atoms with Crippen molar-refractivity contribution in [2.24, 2.45) is 0 Å². The second-order valence-electron chi connectivity index (χ2n) is 8.36. The van der Waals surface area contributed by atoms with E-state index in [1.54, 1.807) is 19.1 Å². The first-order valence-electron chi connectivity index (χ1n) is 11.7. The van der Waals surface area contributed by atoms with Gasteiger partial charge in [0.2, 0.25) is 0 Å². The summed E-state index contributed by atoms with van der Waals surface area (Å²) in [5.74, 6) is -0.211. The summed E-state index contributed by atoms with van der Waals surface area (Å²) in [5.41, 5.74) is 0.253. The van der Waals surface area contributed by atoms with Gasteiger partial charge >= 0.3 is 5.97 Å². The Bertz CT molecular complexity index is 800. The molecule has 1 aliphatic carbocycles. The molecular formula is C24H34N2O6. The number of carbonyl (C=O) groups is 3. The van der Waals surface area contributed by atoms with Gasteiger partial charge in [0.1, 0.15) is 0 Å². The fourth-order valence-electron chi connectivity index (χ4n) is 4.07. The highest BCUT2D eigenvalue weighted by molar-refractivity contribution is 5.93. The number of rotatable bonds is 9. The summed E-state index contributed by atoms with van der Waals surface area (Å²) in [6.07, 6.45) is 6.44. The zero-order valence-electron chi connectivity index (χ0n) is 19.1. The summed E-state index contributed by atoms with van der Waals surface area (Å²) in [4.78, 5) is 39.1. The lowest BCUT2D eigenvalue weighted by molar-refractivity contribution is -0.134. The first-order chi connectivity index (χ1) is 15.5. The van der Waals surface area contributed by atoms with E-state index >= 15 is 0 Å². The quantitative estimate of drug-likeness (QED) is 0.586. The van der Waals surface area contributed by atoms with Gasteiger partial charge in [0, 0.05) is 19.1 Å². The van der Waals surface area contributed by atoms with Crippen LogP contribution in [-0.4, -0.2) is 61.1 Å². The summed E-state index contributed by atoms with van der Waals surface area (Å²) < 4.78 is 16.7. The standard InChI is InChI=1S/C24H34N2O6/c1-3-30-21-15-18(24(29)32-17(2)23(28)25-19-9-5-6-10-19)11-12-20(21)31-16-22(27)26-13-7-4-8-14-26/h11-12,15,17,19H,3-10,13-14,16H2,1-2H3,(H,25,28). The van der Waals surface area contributed by atoms with Gasteiger partial charge in [-0.2, -0.15) is 0 Å². The van der Waals surface area contributed by atoms with Gasteiger partial charge in [-0.15, -0.1) is 0 Å². The van der Waals surface area contributed by atoms with Crippen LogP contribution in [0, 0.1) is 0 Å². The number of piperidine rings is 1. The number of esters is 1. The van der Waals surface area contributed by atoms with Crippen LogP contribution in [0.15, 0.2) is 18.2 Å². The predicted octanol–water partition coefficient (Wildman–Crippen LogP) is 3.08. The minimum absolute atomic E-state index is 0.0577. The van der Waals surface area contributed by atoms with Crippen molar-refractivity contribution in [2.45, 2.75) is 70.9 Å². The van der Waals surface area contributed by atoms with Gasteiger partial charge in [-0.05, 0) is 64.2 Å². The number of ether oxygens (including phenoxy) is 3. The van der Waals surface area contributed by atoms with E-state index in [9.17, 15) is 14.4 Å². The molecule has 0 bridgehead atoms. The van der Waals surface area contributed by atoms with E-state index in [1.807, 2.05) is 11.8 Å². The lowest BCUT2D eigenvalue weighted by Gasteiger charge is -2.26. The van der Waals surface area contributed by atoms with Crippen molar-refractivity contribution in [3.05, 3.63) is 23.8 Å². The largest absolute Gasteiger partial charge is 0.490 e. The molecule has 3 rings (SSSR count). The van der Waals surface area contributed by atoms with Crippen LogP contribution < -0.4 is 14.8 Å². The van der Waals surface area contributed by atoms with Gasteiger partial charge in [-0.25, -0.2) is 4.79 Å². The molecule has 8 nitrogen and oxygen atoms in total. The van der Waals surface area contributed by atoms with E-state index in [-0.39, 0.29) is 30.0 Å². The number of benzene rings is 1. The Balaban J connectivity index is 1.57. The Labute approximate surface area is 189 Å². The fraction of sp³-hybridized carbons (Fsp3) is 0.625. The van der Waals surface area contributed by atoms with Crippen molar-refractivity contribution < 1.29 is 28.6 Å². The van der Waals surface area contributed by atoms with E-state index in [1.165, 1.54) is 6.07 Å². The van der Waals surface area contributed by atoms with Crippen LogP contribution in [0.1, 0.15) is 69.2 Å². The molecule has 1 heterocycles. The Morgan fingerprint density at radius 1 is 1.03 bits per heavy atom. The van der Waals surface area contributed by atoms with Gasteiger partial charge < -0.3 is 24.4 Å². The van der Waals surface area contributed by atoms with Crippen molar-refractivity contribution >= 4 is 17.8 Å². The highest BCUT2D eigenvalue weighted by Crippen LogP contribution is 2.29. The molecule has 32 heavy (non-hydrogen) atoms. The predicted molar refractivity (Wildman–Crippen MR) is 119 cm³/mol. The molecule has 0 aromatic heterocycles. The van der Waals surface area contributed by atoms with Crippen LogP contribution >= 0.6 is 0 Å². The molecule has 176 valence electrons. The number of carbonyl (C=O) groups excluding carboxylic acids is 3. The highest BCUT2D eigenvalue weighted by atomic mass is 16.5. The van der Waals surface area contributed by atoms with Crippen LogP contribution in [0.4, 0.5) is 0 Å². The molecule has 1 N–H and O–H groups in total. The molecule has 2 aliphatic rings. The van der Waals surface area contributed by atoms with E-state index in [0.29, 0.717) is 18.1 Å². The van der Waals surface area contributed by atoms with E-state index in [2.05, 4.69) is 5.32 Å². The maximum absolute atomic E-state index is 12.6. The van der Waals surface area contributed by atoms with Crippen molar-refractivity contribution in [1.82, 2.24) is 10.2 Å². The topological polar surface area (TPSA) is 94.2 Å². The molecule has 8 heteroatoms. The Hall–Kier alpha value is -2.77. The zero-order valence-corrected chi connectivity index (χ0v) is 19.1. The third-order valence-electron chi connectivity index (χ3n) is 5.89. The third kappa shape index (κ3) is 6.61. The summed E-state index contributed by atoms with van der Waals surface area (Å²) in [5, 5.41) is 2.93. The molecular weight excluding hydrogens is 412 g/mol. The van der Waals surface area contributed by atoms with Crippen LogP contribution in [0.25, 0.3) is 0 Å². The van der Waals surface area contributed by atoms with Gasteiger partial charge in [-0.3, -0.25) is 9.59 Å². The number of hydrogen-bond acceptors (Lipinski definition) is 6. The van der Waals surface area contributed by atoms with Crippen molar-refractivity contribution in [2.75, 3.05) is 26.3 Å². The van der Waals surface area contributed by atoms with Gasteiger partial charge in [0.25, 0.3) is 11.8 Å². The van der Waals surface area contributed by atoms with Crippen molar-refractivity contribution in [3.8, 4) is 11.5 Å². The summed E-state index contributed by atoms with van der Waals surface area (Å²) in [6.45, 7) is 5.20. The van der Waals surface area contributed by atoms with Crippen molar-refractivity contribution in [1.29, 1.82) is 0 Å². The molecule has 2 fully saturated rings. The molecule has 1 aliphatic heterocycles. The maximum atomic E-state index is 12.6. The van der Waals surface area contributed by atoms with Gasteiger partial charge in [0.15, 0.2) is 24.2 Å². The molecule has 1 aromatic carbocycles. The lowest BCUT2D eigenvalue weighted by atomic mass is 10.1. The van der Waals surface area contributed by atoms with Gasteiger partial charge in [0.05, 0.1) is 12.2 Å². The van der Waals surface area contributed by atoms with Crippen LogP contribution in [0.2, 0.25) is 0 Å². The molecule has 1 saturated heterocycles. The first-order valence-corrected chi connectivity index (χ1v) is 11.7. The van der Waals surface area contributed by atoms with Crippen LogP contribution in [0.5, 0.6) is 11.5 Å². The monoisotopic (exact) mass is 446 g/mol. The smallest absolute Gasteiger partial charge is 0.339 e. The van der Waals surface area contributed by atoms with Crippen LogP contribution in [0.3, 0.4) is 0 Å². The van der Waals surface area contributed by atoms with E-state index in [0.717, 1.165) is 58.0 Å². The average Bonchev–Trinajstić information content (AvgIpc) is 3.31. The minimum Gasteiger partial charge on any atom is -0.490 e. The van der Waals surface area contributed by atoms with Crippen molar-refractivity contribution in [3.63, 3.8) is 0 Å². The highest BCUT2D eigenvalue weighted by Gasteiger charge is 2.24. The molecule has 1 aromatic rings. The average molecular weight is 447 g/mol. The van der Waals surface area contributed by atoms with E-state index < -0.39 is 12.1 Å². The zero-order chi connectivity index (χ0) is 22.9. The molecule has 1 atom stereocenters. The molecule has 0 spiro atoms. The van der Waals surface area contributed by atoms with Crippen LogP contribution in [-0.2, 0) is 14.3 Å². The summed E-state index contributed by atoms with van der Waals surface area (Å²) in [7, 11) is 0. The summed E-state index contributed by atoms with van der Waals surface area (Å²) >= 11 is 0. The first kappa shape index (κ1) is 23.9. The second kappa shape index (κ2) is 11.7. The molecule has 2 amide bonds. The second-order valence-corrected chi connectivity index (χ2v) is 8.36. The summed E-state index contributed by atoms with van der Waals surface area (Å²) in [6, 6.07) is 4.83. The molecule has 1 saturated carbocycles.